The van der Waals surface area contributed by atoms with Crippen LogP contribution in [0.1, 0.15) is 38.7 Å². The topological polar surface area (TPSA) is 121 Å². The minimum absolute atomic E-state index is 0.0535. The number of hydrogen-bond donors (Lipinski definition) is 2. The second kappa shape index (κ2) is 8.44. The van der Waals surface area contributed by atoms with Gasteiger partial charge in [-0.2, -0.15) is 0 Å². The van der Waals surface area contributed by atoms with E-state index >= 15 is 0 Å². The van der Waals surface area contributed by atoms with Gasteiger partial charge in [0, 0.05) is 18.0 Å². The molecular weight excluding hydrogens is 466 g/mol. The molecule has 35 heavy (non-hydrogen) atoms. The number of ketones is 1. The summed E-state index contributed by atoms with van der Waals surface area (Å²) in [5.74, 6) is -3.01. The van der Waals surface area contributed by atoms with E-state index in [1.165, 1.54) is 23.2 Å². The highest BCUT2D eigenvalue weighted by Gasteiger charge is 2.48. The number of thiazole rings is 1. The van der Waals surface area contributed by atoms with Crippen molar-refractivity contribution in [1.82, 2.24) is 9.97 Å². The third kappa shape index (κ3) is 3.75. The number of carbonyl (C=O) groups is 3. The van der Waals surface area contributed by atoms with Crippen LogP contribution in [0.3, 0.4) is 0 Å². The van der Waals surface area contributed by atoms with E-state index in [4.69, 9.17) is 0 Å². The van der Waals surface area contributed by atoms with E-state index in [1.54, 1.807) is 30.5 Å². The Balaban J connectivity index is 1.73. The van der Waals surface area contributed by atoms with E-state index in [0.29, 0.717) is 21.3 Å². The molecule has 1 atom stereocenters. The van der Waals surface area contributed by atoms with Crippen molar-refractivity contribution in [2.45, 2.75) is 19.9 Å². The number of carboxylic acids is 1. The molecule has 0 spiro atoms. The van der Waals surface area contributed by atoms with Gasteiger partial charge in [-0.05, 0) is 55.3 Å². The zero-order valence-corrected chi connectivity index (χ0v) is 19.5. The highest BCUT2D eigenvalue weighted by molar-refractivity contribution is 7.22. The number of aryl methyl sites for hydroxylation is 2. The van der Waals surface area contributed by atoms with Crippen LogP contribution in [0.5, 0.6) is 0 Å². The van der Waals surface area contributed by atoms with Crippen molar-refractivity contribution >= 4 is 50.1 Å². The molecule has 1 aliphatic heterocycles. The molecule has 1 aliphatic rings. The van der Waals surface area contributed by atoms with E-state index in [0.717, 1.165) is 22.5 Å². The molecule has 0 radical (unpaired) electrons. The first-order valence-electron chi connectivity index (χ1n) is 10.7. The highest BCUT2D eigenvalue weighted by atomic mass is 32.1. The van der Waals surface area contributed by atoms with Gasteiger partial charge in [0.2, 0.25) is 0 Å². The lowest BCUT2D eigenvalue weighted by Gasteiger charge is -2.22. The molecule has 4 aromatic rings. The quantitative estimate of drug-likeness (QED) is 0.246. The number of carbonyl (C=O) groups excluding carboxylic acids is 2. The number of nitrogens with zero attached hydrogens (tertiary/aromatic N) is 3. The number of aliphatic hydroxyl groups is 1. The molecule has 3 heterocycles. The number of pyridine rings is 1. The fourth-order valence-corrected chi connectivity index (χ4v) is 5.20. The monoisotopic (exact) mass is 485 g/mol. The van der Waals surface area contributed by atoms with Crippen molar-refractivity contribution in [2.24, 2.45) is 0 Å². The van der Waals surface area contributed by atoms with E-state index in [1.807, 2.05) is 26.0 Å². The normalized spacial score (nSPS) is 17.3. The predicted molar refractivity (Wildman–Crippen MR) is 132 cm³/mol. The molecule has 1 fully saturated rings. The number of anilines is 1. The Hall–Kier alpha value is -4.37. The number of rotatable bonds is 4. The lowest BCUT2D eigenvalue weighted by molar-refractivity contribution is -0.132. The molecule has 5 rings (SSSR count). The summed E-state index contributed by atoms with van der Waals surface area (Å²) < 4.78 is 0.557. The van der Waals surface area contributed by atoms with Gasteiger partial charge in [-0.15, -0.1) is 0 Å². The molecule has 0 saturated carbocycles. The van der Waals surface area contributed by atoms with Crippen molar-refractivity contribution in [3.8, 4) is 0 Å². The smallest absolute Gasteiger partial charge is 0.335 e. The number of fused-ring (bicyclic) bond motifs is 1. The minimum Gasteiger partial charge on any atom is -0.507 e. The first kappa shape index (κ1) is 22.4. The van der Waals surface area contributed by atoms with Crippen LogP contribution >= 0.6 is 11.3 Å². The zero-order chi connectivity index (χ0) is 24.9. The maximum Gasteiger partial charge on any atom is 0.335 e. The molecule has 9 heteroatoms. The molecule has 8 nitrogen and oxygen atoms in total. The summed E-state index contributed by atoms with van der Waals surface area (Å²) in [4.78, 5) is 47.9. The average Bonchev–Trinajstić information content (AvgIpc) is 3.38. The SMILES string of the molecule is Cc1ccc(C)c(/C(O)=C2\C(=O)C(=O)N(c3nc4ccc(C(=O)O)cc4s3)C2c2cccnc2)c1. The van der Waals surface area contributed by atoms with Crippen molar-refractivity contribution in [3.05, 3.63) is 94.3 Å². The maximum atomic E-state index is 13.3. The standard InChI is InChI=1S/C26H19N3O5S/c1-13-5-6-14(2)17(10-13)22(30)20-21(16-4-3-9-27-12-16)29(24(32)23(20)31)26-28-18-8-7-15(25(33)34)11-19(18)35-26/h3-12,21,30H,1-2H3,(H,33,34)/b22-20+. The third-order valence-corrected chi connectivity index (χ3v) is 6.94. The van der Waals surface area contributed by atoms with Crippen LogP contribution in [0.4, 0.5) is 5.13 Å². The third-order valence-electron chi connectivity index (χ3n) is 5.92. The summed E-state index contributed by atoms with van der Waals surface area (Å²) >= 11 is 1.10. The van der Waals surface area contributed by atoms with Crippen molar-refractivity contribution in [3.63, 3.8) is 0 Å². The number of aromatic carboxylic acids is 1. The Morgan fingerprint density at radius 3 is 2.57 bits per heavy atom. The van der Waals surface area contributed by atoms with E-state index < -0.39 is 23.7 Å². The molecule has 0 bridgehead atoms. The minimum atomic E-state index is -1.08. The molecule has 174 valence electrons. The molecular formula is C26H19N3O5S. The summed E-state index contributed by atoms with van der Waals surface area (Å²) in [6.07, 6.45) is 3.11. The van der Waals surface area contributed by atoms with Crippen LogP contribution < -0.4 is 4.90 Å². The van der Waals surface area contributed by atoms with Gasteiger partial charge in [-0.1, -0.05) is 35.1 Å². The Kier molecular flexibility index (Phi) is 5.41. The van der Waals surface area contributed by atoms with E-state index in [-0.39, 0.29) is 22.0 Å². The summed E-state index contributed by atoms with van der Waals surface area (Å²) in [7, 11) is 0. The Bertz CT molecular complexity index is 1560. The fraction of sp³-hybridized carbons (Fsp3) is 0.115. The highest BCUT2D eigenvalue weighted by Crippen LogP contribution is 2.44. The number of aliphatic hydroxyl groups excluding tert-OH is 1. The lowest BCUT2D eigenvalue weighted by atomic mass is 9.94. The Morgan fingerprint density at radius 1 is 1.06 bits per heavy atom. The summed E-state index contributed by atoms with van der Waals surface area (Å²) in [6.45, 7) is 3.69. The number of Topliss-reactive ketones (excluding diaryl/α,β-unsaturated/α-hetero) is 1. The number of benzene rings is 2. The van der Waals surface area contributed by atoms with E-state index in [2.05, 4.69) is 9.97 Å². The molecule has 1 unspecified atom stereocenters. The van der Waals surface area contributed by atoms with Crippen LogP contribution in [-0.2, 0) is 9.59 Å². The second-order valence-corrected chi connectivity index (χ2v) is 9.27. The largest absolute Gasteiger partial charge is 0.507 e. The van der Waals surface area contributed by atoms with Gasteiger partial charge < -0.3 is 10.2 Å². The van der Waals surface area contributed by atoms with Crippen LogP contribution in [0.15, 0.2) is 66.5 Å². The van der Waals surface area contributed by atoms with Crippen LogP contribution in [-0.4, -0.2) is 37.8 Å². The van der Waals surface area contributed by atoms with Gasteiger partial charge in [0.15, 0.2) is 5.13 Å². The Morgan fingerprint density at radius 2 is 1.86 bits per heavy atom. The predicted octanol–water partition coefficient (Wildman–Crippen LogP) is 4.63. The number of amides is 1. The number of hydrogen-bond acceptors (Lipinski definition) is 7. The molecule has 1 amide bonds. The molecule has 2 N–H and O–H groups in total. The lowest BCUT2D eigenvalue weighted by Crippen LogP contribution is -2.29. The number of carboxylic acid groups (broad SMARTS) is 1. The summed E-state index contributed by atoms with van der Waals surface area (Å²) in [5.41, 5.74) is 3.18. The van der Waals surface area contributed by atoms with Gasteiger partial charge in [0.1, 0.15) is 5.76 Å². The second-order valence-electron chi connectivity index (χ2n) is 8.26. The van der Waals surface area contributed by atoms with Gasteiger partial charge >= 0.3 is 11.9 Å². The Labute approximate surface area is 203 Å². The van der Waals surface area contributed by atoms with Crippen LogP contribution in [0.2, 0.25) is 0 Å². The maximum absolute atomic E-state index is 13.3. The average molecular weight is 486 g/mol. The molecule has 2 aromatic carbocycles. The summed E-state index contributed by atoms with van der Waals surface area (Å²) in [6, 6.07) is 12.4. The van der Waals surface area contributed by atoms with E-state index in [9.17, 15) is 24.6 Å². The molecule has 0 aliphatic carbocycles. The van der Waals surface area contributed by atoms with Crippen molar-refractivity contribution in [1.29, 1.82) is 0 Å². The van der Waals surface area contributed by atoms with Crippen LogP contribution in [0.25, 0.3) is 16.0 Å². The van der Waals surface area contributed by atoms with Gasteiger partial charge in [-0.3, -0.25) is 19.5 Å². The van der Waals surface area contributed by atoms with Crippen molar-refractivity contribution < 1.29 is 24.6 Å². The molecule has 2 aromatic heterocycles. The summed E-state index contributed by atoms with van der Waals surface area (Å²) in [5, 5.41) is 20.9. The number of aromatic nitrogens is 2. The fourth-order valence-electron chi connectivity index (χ4n) is 4.17. The van der Waals surface area contributed by atoms with Gasteiger partial charge in [-0.25, -0.2) is 9.78 Å². The van der Waals surface area contributed by atoms with Crippen LogP contribution in [0, 0.1) is 13.8 Å². The van der Waals surface area contributed by atoms with Gasteiger partial charge in [0.05, 0.1) is 27.4 Å². The zero-order valence-electron chi connectivity index (χ0n) is 18.7. The first-order valence-corrected chi connectivity index (χ1v) is 11.5. The first-order chi connectivity index (χ1) is 16.8. The molecule has 1 saturated heterocycles. The van der Waals surface area contributed by atoms with Crippen molar-refractivity contribution in [2.75, 3.05) is 4.90 Å². The van der Waals surface area contributed by atoms with Gasteiger partial charge in [0.25, 0.3) is 5.78 Å².